The van der Waals surface area contributed by atoms with Crippen LogP contribution in [0.2, 0.25) is 0 Å². The zero-order valence-electron chi connectivity index (χ0n) is 9.86. The van der Waals surface area contributed by atoms with Gasteiger partial charge in [0.05, 0.1) is 13.2 Å². The van der Waals surface area contributed by atoms with Crippen molar-refractivity contribution in [2.45, 2.75) is 38.1 Å². The van der Waals surface area contributed by atoms with Crippen LogP contribution in [-0.4, -0.2) is 43.2 Å². The molecule has 16 heavy (non-hydrogen) atoms. The summed E-state index contributed by atoms with van der Waals surface area (Å²) in [5.41, 5.74) is 5.86. The summed E-state index contributed by atoms with van der Waals surface area (Å²) in [7, 11) is 0. The van der Waals surface area contributed by atoms with Crippen molar-refractivity contribution in [3.8, 4) is 0 Å². The van der Waals surface area contributed by atoms with Gasteiger partial charge in [0.25, 0.3) is 0 Å². The quantitative estimate of drug-likeness (QED) is 0.756. The molecule has 2 aliphatic rings. The summed E-state index contributed by atoms with van der Waals surface area (Å²) in [6, 6.07) is 0.370. The molecule has 0 unspecified atom stereocenters. The fourth-order valence-electron chi connectivity index (χ4n) is 2.58. The molecule has 92 valence electrons. The summed E-state index contributed by atoms with van der Waals surface area (Å²) >= 11 is 0. The van der Waals surface area contributed by atoms with Gasteiger partial charge in [-0.2, -0.15) is 0 Å². The number of carbonyl (C=O) groups is 1. The van der Waals surface area contributed by atoms with Gasteiger partial charge in [0.2, 0.25) is 5.91 Å². The lowest BCUT2D eigenvalue weighted by atomic mass is 9.84. The average Bonchev–Trinajstić information content (AvgIpc) is 2.33. The third-order valence-electron chi connectivity index (χ3n) is 3.72. The molecule has 4 heteroatoms. The number of nitrogens with two attached hydrogens (primary N) is 1. The highest BCUT2D eigenvalue weighted by Crippen LogP contribution is 2.26. The molecule has 1 saturated carbocycles. The minimum Gasteiger partial charge on any atom is -0.378 e. The second-order valence-electron chi connectivity index (χ2n) is 4.98. The van der Waals surface area contributed by atoms with E-state index in [2.05, 4.69) is 0 Å². The predicted octanol–water partition coefficient (Wildman–Crippen LogP) is 0.753. The van der Waals surface area contributed by atoms with Gasteiger partial charge >= 0.3 is 0 Å². The van der Waals surface area contributed by atoms with Crippen LogP contribution in [0.4, 0.5) is 0 Å². The Balaban J connectivity index is 1.73. The van der Waals surface area contributed by atoms with E-state index >= 15 is 0 Å². The summed E-state index contributed by atoms with van der Waals surface area (Å²) in [5, 5.41) is 0. The van der Waals surface area contributed by atoms with Crippen molar-refractivity contribution in [1.29, 1.82) is 0 Å². The first kappa shape index (κ1) is 11.9. The number of ether oxygens (including phenoxy) is 1. The van der Waals surface area contributed by atoms with Crippen LogP contribution >= 0.6 is 0 Å². The minimum absolute atomic E-state index is 0.309. The molecular formula is C12H22N2O2. The van der Waals surface area contributed by atoms with E-state index in [1.807, 2.05) is 4.90 Å². The lowest BCUT2D eigenvalue weighted by Crippen LogP contribution is -2.41. The Hall–Kier alpha value is -0.610. The van der Waals surface area contributed by atoms with E-state index in [0.717, 1.165) is 38.8 Å². The first-order valence-corrected chi connectivity index (χ1v) is 6.37. The predicted molar refractivity (Wildman–Crippen MR) is 61.9 cm³/mol. The number of hydrogen-bond donors (Lipinski definition) is 1. The molecule has 0 radical (unpaired) electrons. The first-order valence-electron chi connectivity index (χ1n) is 6.37. The molecule has 0 aromatic carbocycles. The van der Waals surface area contributed by atoms with E-state index in [1.54, 1.807) is 0 Å². The fourth-order valence-corrected chi connectivity index (χ4v) is 2.58. The Bertz CT molecular complexity index is 231. The van der Waals surface area contributed by atoms with Crippen molar-refractivity contribution < 1.29 is 9.53 Å². The van der Waals surface area contributed by atoms with Crippen LogP contribution in [0.5, 0.6) is 0 Å². The highest BCUT2D eigenvalue weighted by atomic mass is 16.5. The largest absolute Gasteiger partial charge is 0.378 e. The van der Waals surface area contributed by atoms with Crippen molar-refractivity contribution in [2.24, 2.45) is 11.7 Å². The molecule has 1 amide bonds. The third kappa shape index (κ3) is 3.19. The van der Waals surface area contributed by atoms with Gasteiger partial charge in [0.1, 0.15) is 0 Å². The van der Waals surface area contributed by atoms with Gasteiger partial charge in [-0.1, -0.05) is 0 Å². The van der Waals surface area contributed by atoms with Crippen LogP contribution in [0.1, 0.15) is 32.1 Å². The lowest BCUT2D eigenvalue weighted by Gasteiger charge is -2.30. The van der Waals surface area contributed by atoms with Crippen LogP contribution in [0.3, 0.4) is 0 Å². The molecule has 0 bridgehead atoms. The number of morpholine rings is 1. The number of nitrogens with zero attached hydrogens (tertiary/aromatic N) is 1. The Morgan fingerprint density at radius 3 is 2.44 bits per heavy atom. The van der Waals surface area contributed by atoms with Crippen molar-refractivity contribution >= 4 is 5.91 Å². The molecule has 2 fully saturated rings. The van der Waals surface area contributed by atoms with Crippen molar-refractivity contribution in [1.82, 2.24) is 4.90 Å². The second kappa shape index (κ2) is 5.64. The SMILES string of the molecule is N[C@H]1CC[C@H](CC(=O)N2CCOCC2)CC1. The van der Waals surface area contributed by atoms with E-state index < -0.39 is 0 Å². The number of amides is 1. The van der Waals surface area contributed by atoms with Crippen molar-refractivity contribution in [3.05, 3.63) is 0 Å². The van der Waals surface area contributed by atoms with Crippen LogP contribution in [0.15, 0.2) is 0 Å². The van der Waals surface area contributed by atoms with Crippen molar-refractivity contribution in [3.63, 3.8) is 0 Å². The molecule has 1 heterocycles. The fraction of sp³-hybridized carbons (Fsp3) is 0.917. The molecular weight excluding hydrogens is 204 g/mol. The molecule has 0 atom stereocenters. The van der Waals surface area contributed by atoms with Gasteiger partial charge < -0.3 is 15.4 Å². The standard InChI is InChI=1S/C12H22N2O2/c13-11-3-1-10(2-4-11)9-12(15)14-5-7-16-8-6-14/h10-11H,1-9,13H2/t10-,11-. The molecule has 2 N–H and O–H groups in total. The Morgan fingerprint density at radius 1 is 1.19 bits per heavy atom. The van der Waals surface area contributed by atoms with E-state index in [4.69, 9.17) is 10.5 Å². The molecule has 1 aliphatic heterocycles. The van der Waals surface area contributed by atoms with Gasteiger partial charge in [-0.05, 0) is 31.6 Å². The monoisotopic (exact) mass is 226 g/mol. The summed E-state index contributed by atoms with van der Waals surface area (Å²) < 4.78 is 5.24. The number of rotatable bonds is 2. The molecule has 4 nitrogen and oxygen atoms in total. The number of hydrogen-bond acceptors (Lipinski definition) is 3. The Kier molecular flexibility index (Phi) is 4.18. The van der Waals surface area contributed by atoms with Gasteiger partial charge in [0.15, 0.2) is 0 Å². The maximum atomic E-state index is 12.0. The normalized spacial score (nSPS) is 31.4. The molecule has 1 aliphatic carbocycles. The molecule has 2 rings (SSSR count). The van der Waals surface area contributed by atoms with Crippen LogP contribution in [0.25, 0.3) is 0 Å². The summed E-state index contributed by atoms with van der Waals surface area (Å²) in [5.74, 6) is 0.874. The van der Waals surface area contributed by atoms with E-state index in [1.165, 1.54) is 0 Å². The van der Waals surface area contributed by atoms with E-state index in [9.17, 15) is 4.79 Å². The summed E-state index contributed by atoms with van der Waals surface area (Å²) in [4.78, 5) is 13.9. The van der Waals surface area contributed by atoms with Crippen LogP contribution in [-0.2, 0) is 9.53 Å². The molecule has 1 saturated heterocycles. The Labute approximate surface area is 97.1 Å². The van der Waals surface area contributed by atoms with Gasteiger partial charge in [-0.3, -0.25) is 4.79 Å². The van der Waals surface area contributed by atoms with Gasteiger partial charge in [0, 0.05) is 25.6 Å². The molecule has 0 aromatic heterocycles. The number of carbonyl (C=O) groups excluding carboxylic acids is 1. The first-order chi connectivity index (χ1) is 7.75. The maximum absolute atomic E-state index is 12.0. The maximum Gasteiger partial charge on any atom is 0.223 e. The topological polar surface area (TPSA) is 55.6 Å². The third-order valence-corrected chi connectivity index (χ3v) is 3.72. The van der Waals surface area contributed by atoms with Gasteiger partial charge in [-0.15, -0.1) is 0 Å². The highest BCUT2D eigenvalue weighted by molar-refractivity contribution is 5.76. The molecule has 0 aromatic rings. The van der Waals surface area contributed by atoms with Crippen molar-refractivity contribution in [2.75, 3.05) is 26.3 Å². The summed E-state index contributed by atoms with van der Waals surface area (Å²) in [6.07, 6.45) is 5.13. The minimum atomic E-state index is 0.309. The van der Waals surface area contributed by atoms with Crippen LogP contribution in [0, 0.1) is 5.92 Å². The average molecular weight is 226 g/mol. The summed E-state index contributed by atoms with van der Waals surface area (Å²) in [6.45, 7) is 2.93. The highest BCUT2D eigenvalue weighted by Gasteiger charge is 2.24. The lowest BCUT2D eigenvalue weighted by molar-refractivity contribution is -0.136. The van der Waals surface area contributed by atoms with E-state index in [-0.39, 0.29) is 0 Å². The Morgan fingerprint density at radius 2 is 1.81 bits per heavy atom. The van der Waals surface area contributed by atoms with E-state index in [0.29, 0.717) is 37.5 Å². The van der Waals surface area contributed by atoms with Crippen LogP contribution < -0.4 is 5.73 Å². The molecule has 0 spiro atoms. The zero-order chi connectivity index (χ0) is 11.4. The van der Waals surface area contributed by atoms with Gasteiger partial charge in [-0.25, -0.2) is 0 Å². The zero-order valence-corrected chi connectivity index (χ0v) is 9.86. The smallest absolute Gasteiger partial charge is 0.223 e. The second-order valence-corrected chi connectivity index (χ2v) is 4.98.